The highest BCUT2D eigenvalue weighted by Gasteiger charge is 2.27. The zero-order valence-electron chi connectivity index (χ0n) is 12.1. The average molecular weight is 278 g/mol. The van der Waals surface area contributed by atoms with Crippen molar-refractivity contribution < 1.29 is 4.57 Å². The summed E-state index contributed by atoms with van der Waals surface area (Å²) in [6.45, 7) is 1.96. The number of hydrogen-bond donors (Lipinski definition) is 1. The van der Waals surface area contributed by atoms with E-state index in [0.717, 1.165) is 36.4 Å². The number of rotatable bonds is 1. The number of nitrogens with zero attached hydrogens (tertiary/aromatic N) is 4. The second-order valence-electron chi connectivity index (χ2n) is 5.46. The van der Waals surface area contributed by atoms with Gasteiger partial charge in [-0.05, 0) is 19.3 Å². The van der Waals surface area contributed by atoms with Crippen molar-refractivity contribution in [3.05, 3.63) is 20.8 Å². The molecule has 1 saturated heterocycles. The second-order valence-corrected chi connectivity index (χ2v) is 5.46. The van der Waals surface area contributed by atoms with Crippen LogP contribution in [0.25, 0.3) is 11.2 Å². The summed E-state index contributed by atoms with van der Waals surface area (Å²) in [6, 6.07) is 0. The highest BCUT2D eigenvalue weighted by atomic mass is 16.2. The molecule has 3 heterocycles. The van der Waals surface area contributed by atoms with Crippen LogP contribution in [0.2, 0.25) is 0 Å². The van der Waals surface area contributed by atoms with Gasteiger partial charge in [0, 0.05) is 14.1 Å². The van der Waals surface area contributed by atoms with E-state index >= 15 is 0 Å². The molecule has 1 aliphatic heterocycles. The lowest BCUT2D eigenvalue weighted by Gasteiger charge is -2.21. The highest BCUT2D eigenvalue weighted by molar-refractivity contribution is 5.67. The molecule has 0 radical (unpaired) electrons. The molecule has 2 aromatic heterocycles. The van der Waals surface area contributed by atoms with Gasteiger partial charge in [0.05, 0.1) is 20.1 Å². The van der Waals surface area contributed by atoms with E-state index in [-0.39, 0.29) is 11.2 Å². The second kappa shape index (κ2) is 4.50. The van der Waals surface area contributed by atoms with Crippen LogP contribution in [0, 0.1) is 0 Å². The summed E-state index contributed by atoms with van der Waals surface area (Å²) in [6.07, 6.45) is 3.57. The maximum Gasteiger partial charge on any atom is 0.359 e. The molecule has 108 valence electrons. The zero-order valence-corrected chi connectivity index (χ0v) is 12.1. The van der Waals surface area contributed by atoms with Gasteiger partial charge in [0.1, 0.15) is 0 Å². The summed E-state index contributed by atoms with van der Waals surface area (Å²) in [5, 5.41) is 0. The highest BCUT2D eigenvalue weighted by Crippen LogP contribution is 2.16. The predicted octanol–water partition coefficient (Wildman–Crippen LogP) is -0.620. The molecule has 0 aromatic carbocycles. The normalized spacial score (nSPS) is 16.1. The number of anilines is 1. The smallest absolute Gasteiger partial charge is 0.267 e. The van der Waals surface area contributed by atoms with Gasteiger partial charge >= 0.3 is 11.6 Å². The lowest BCUT2D eigenvalue weighted by Crippen LogP contribution is -2.45. The van der Waals surface area contributed by atoms with Crippen LogP contribution in [-0.2, 0) is 21.1 Å². The number of aromatic amines is 1. The third-order valence-corrected chi connectivity index (χ3v) is 4.18. The Morgan fingerprint density at radius 3 is 2.35 bits per heavy atom. The first-order valence-electron chi connectivity index (χ1n) is 6.95. The van der Waals surface area contributed by atoms with Gasteiger partial charge < -0.3 is 0 Å². The first-order valence-corrected chi connectivity index (χ1v) is 6.95. The predicted molar refractivity (Wildman–Crippen MR) is 76.0 cm³/mol. The van der Waals surface area contributed by atoms with Gasteiger partial charge in [0.15, 0.2) is 0 Å². The van der Waals surface area contributed by atoms with E-state index in [4.69, 9.17) is 0 Å². The molecule has 0 aliphatic carbocycles. The Morgan fingerprint density at radius 1 is 1.05 bits per heavy atom. The Labute approximate surface area is 116 Å². The molecule has 1 N–H and O–H groups in total. The monoisotopic (exact) mass is 278 g/mol. The molecule has 1 fully saturated rings. The van der Waals surface area contributed by atoms with Crippen LogP contribution in [0.5, 0.6) is 0 Å². The Balaban J connectivity index is 2.29. The molecule has 7 nitrogen and oxygen atoms in total. The molecule has 0 atom stereocenters. The van der Waals surface area contributed by atoms with Gasteiger partial charge in [-0.15, -0.1) is 0 Å². The summed E-state index contributed by atoms with van der Waals surface area (Å²) < 4.78 is 4.50. The van der Waals surface area contributed by atoms with Crippen LogP contribution in [0.3, 0.4) is 0 Å². The van der Waals surface area contributed by atoms with Crippen molar-refractivity contribution >= 4 is 17.1 Å². The van der Waals surface area contributed by atoms with Gasteiger partial charge in [-0.1, -0.05) is 0 Å². The molecule has 0 unspecified atom stereocenters. The number of piperidine rings is 1. The van der Waals surface area contributed by atoms with Crippen molar-refractivity contribution in [3.8, 4) is 0 Å². The van der Waals surface area contributed by atoms with Crippen LogP contribution in [0.15, 0.2) is 9.59 Å². The van der Waals surface area contributed by atoms with Crippen LogP contribution in [-0.4, -0.2) is 27.2 Å². The van der Waals surface area contributed by atoms with Gasteiger partial charge in [-0.2, -0.15) is 0 Å². The van der Waals surface area contributed by atoms with Crippen molar-refractivity contribution in [2.24, 2.45) is 21.1 Å². The Kier molecular flexibility index (Phi) is 2.92. The molecule has 7 heteroatoms. The summed E-state index contributed by atoms with van der Waals surface area (Å²) in [5.41, 5.74) is 0.552. The first kappa shape index (κ1) is 13.0. The molecule has 2 aromatic rings. The quantitative estimate of drug-likeness (QED) is 0.707. The third kappa shape index (κ3) is 1.69. The topological polar surface area (TPSA) is 66.9 Å². The standard InChI is InChI=1S/C13H19N5O2/c1-15-9-10(16(2)13(20)17(3)11(9)19)14-12(15)18-7-5-4-6-8-18/h4-8H2,1-3H3/p+1. The van der Waals surface area contributed by atoms with Gasteiger partial charge in [-0.3, -0.25) is 18.8 Å². The summed E-state index contributed by atoms with van der Waals surface area (Å²) in [5.74, 6) is 0.901. The zero-order chi connectivity index (χ0) is 14.4. The maximum absolute atomic E-state index is 12.3. The molecule has 0 saturated carbocycles. The Hall–Kier alpha value is -2.05. The van der Waals surface area contributed by atoms with E-state index in [9.17, 15) is 9.59 Å². The van der Waals surface area contributed by atoms with E-state index in [1.165, 1.54) is 18.0 Å². The molecule has 0 bridgehead atoms. The number of hydrogen-bond acceptors (Lipinski definition) is 3. The first-order chi connectivity index (χ1) is 9.52. The maximum atomic E-state index is 12.3. The SMILES string of the molecule is Cn1c(=O)c2c([nH]c(N3CCCCC3)[n+]2C)n(C)c1=O. The minimum Gasteiger partial charge on any atom is -0.267 e. The van der Waals surface area contributed by atoms with Crippen molar-refractivity contribution in [1.29, 1.82) is 0 Å². The van der Waals surface area contributed by atoms with Crippen LogP contribution in [0.4, 0.5) is 5.95 Å². The van der Waals surface area contributed by atoms with Crippen molar-refractivity contribution in [1.82, 2.24) is 14.1 Å². The minimum absolute atomic E-state index is 0.259. The average Bonchev–Trinajstić information content (AvgIpc) is 2.81. The number of H-pyrrole nitrogens is 1. The van der Waals surface area contributed by atoms with E-state index in [0.29, 0.717) is 11.2 Å². The van der Waals surface area contributed by atoms with Crippen LogP contribution >= 0.6 is 0 Å². The molecular weight excluding hydrogens is 258 g/mol. The fourth-order valence-electron chi connectivity index (χ4n) is 2.96. The Morgan fingerprint density at radius 2 is 1.70 bits per heavy atom. The largest absolute Gasteiger partial charge is 0.359 e. The van der Waals surface area contributed by atoms with Crippen molar-refractivity contribution in [2.75, 3.05) is 18.0 Å². The van der Waals surface area contributed by atoms with Crippen molar-refractivity contribution in [3.63, 3.8) is 0 Å². The van der Waals surface area contributed by atoms with Gasteiger partial charge in [-0.25, -0.2) is 14.3 Å². The van der Waals surface area contributed by atoms with E-state index in [2.05, 4.69) is 9.88 Å². The lowest BCUT2D eigenvalue weighted by atomic mass is 10.1. The molecule has 3 rings (SSSR count). The van der Waals surface area contributed by atoms with Gasteiger partial charge in [0.2, 0.25) is 11.2 Å². The van der Waals surface area contributed by atoms with Crippen molar-refractivity contribution in [2.45, 2.75) is 19.3 Å². The summed E-state index contributed by atoms with van der Waals surface area (Å²) in [7, 11) is 5.06. The summed E-state index contributed by atoms with van der Waals surface area (Å²) in [4.78, 5) is 29.8. The van der Waals surface area contributed by atoms with E-state index < -0.39 is 0 Å². The third-order valence-electron chi connectivity index (χ3n) is 4.18. The van der Waals surface area contributed by atoms with Crippen LogP contribution in [0.1, 0.15) is 19.3 Å². The number of aryl methyl sites for hydroxylation is 2. The molecule has 20 heavy (non-hydrogen) atoms. The number of imidazole rings is 1. The Bertz CT molecular complexity index is 777. The van der Waals surface area contributed by atoms with Crippen LogP contribution < -0.4 is 20.7 Å². The molecule has 1 aliphatic rings. The molecule has 0 spiro atoms. The summed E-state index contributed by atoms with van der Waals surface area (Å²) >= 11 is 0. The number of nitrogens with one attached hydrogen (secondary N) is 1. The van der Waals surface area contributed by atoms with E-state index in [1.807, 2.05) is 11.6 Å². The lowest BCUT2D eigenvalue weighted by molar-refractivity contribution is -0.632. The van der Waals surface area contributed by atoms with E-state index in [1.54, 1.807) is 7.05 Å². The fraction of sp³-hybridized carbons (Fsp3) is 0.615. The number of aromatic nitrogens is 4. The number of fused-ring (bicyclic) bond motifs is 1. The molecular formula is C13H20N5O2+. The van der Waals surface area contributed by atoms with Gasteiger partial charge in [0.25, 0.3) is 5.56 Å². The fourth-order valence-corrected chi connectivity index (χ4v) is 2.96. The molecule has 0 amide bonds. The minimum atomic E-state index is -0.311.